The minimum atomic E-state index is -3.59. The molecule has 22 heavy (non-hydrogen) atoms. The summed E-state index contributed by atoms with van der Waals surface area (Å²) in [6.45, 7) is 5.00. The Morgan fingerprint density at radius 2 is 1.95 bits per heavy atom. The van der Waals surface area contributed by atoms with Crippen molar-refractivity contribution < 1.29 is 22.7 Å². The van der Waals surface area contributed by atoms with Gasteiger partial charge >= 0.3 is 6.09 Å². The number of ketones is 1. The van der Waals surface area contributed by atoms with Crippen molar-refractivity contribution in [2.75, 3.05) is 12.8 Å². The predicted molar refractivity (Wildman–Crippen MR) is 76.1 cm³/mol. The van der Waals surface area contributed by atoms with E-state index in [1.165, 1.54) is 11.1 Å². The lowest BCUT2D eigenvalue weighted by atomic mass is 10.1. The van der Waals surface area contributed by atoms with Crippen LogP contribution in [0.1, 0.15) is 36.8 Å². The van der Waals surface area contributed by atoms with Crippen LogP contribution in [-0.2, 0) is 21.1 Å². The van der Waals surface area contributed by atoms with Crippen LogP contribution in [0.2, 0.25) is 0 Å². The minimum absolute atomic E-state index is 0.00102. The molecule has 0 atom stereocenters. The Morgan fingerprint density at radius 3 is 2.50 bits per heavy atom. The van der Waals surface area contributed by atoms with E-state index in [9.17, 15) is 18.0 Å². The van der Waals surface area contributed by atoms with Crippen molar-refractivity contribution in [3.63, 3.8) is 0 Å². The molecule has 0 spiro atoms. The van der Waals surface area contributed by atoms with Gasteiger partial charge in [0.05, 0.1) is 24.3 Å². The van der Waals surface area contributed by atoms with Gasteiger partial charge in [0.25, 0.3) is 0 Å². The zero-order chi connectivity index (χ0) is 16.7. The molecule has 0 aliphatic carbocycles. The standard InChI is InChI=1S/C13H17N3O5S/c1-13(2,3)21-12(18)16-6-9-8(10(17)7-16)5-14-11(15-9)22(4,19)20/h5H,6-7H2,1-4H3. The van der Waals surface area contributed by atoms with Crippen molar-refractivity contribution in [2.45, 2.75) is 38.1 Å². The first-order valence-corrected chi connectivity index (χ1v) is 8.43. The average Bonchev–Trinajstić information content (AvgIpc) is 2.34. The third-order valence-corrected chi connectivity index (χ3v) is 3.66. The number of hydrogen-bond donors (Lipinski definition) is 0. The van der Waals surface area contributed by atoms with E-state index in [2.05, 4.69) is 9.97 Å². The normalized spacial score (nSPS) is 15.5. The van der Waals surface area contributed by atoms with Crippen molar-refractivity contribution in [3.05, 3.63) is 17.5 Å². The zero-order valence-electron chi connectivity index (χ0n) is 12.8. The van der Waals surface area contributed by atoms with Crippen molar-refractivity contribution in [3.8, 4) is 0 Å². The molecule has 0 N–H and O–H groups in total. The van der Waals surface area contributed by atoms with Gasteiger partial charge < -0.3 is 4.74 Å². The molecule has 8 nitrogen and oxygen atoms in total. The predicted octanol–water partition coefficient (Wildman–Crippen LogP) is 0.814. The molecular weight excluding hydrogens is 310 g/mol. The molecule has 1 aromatic heterocycles. The zero-order valence-corrected chi connectivity index (χ0v) is 13.6. The van der Waals surface area contributed by atoms with Gasteiger partial charge in [-0.05, 0) is 20.8 Å². The Hall–Kier alpha value is -2.03. The number of nitrogens with zero attached hydrogens (tertiary/aromatic N) is 3. The summed E-state index contributed by atoms with van der Waals surface area (Å²) >= 11 is 0. The van der Waals surface area contributed by atoms with Crippen LogP contribution in [0.5, 0.6) is 0 Å². The summed E-state index contributed by atoms with van der Waals surface area (Å²) in [5, 5.41) is -0.370. The van der Waals surface area contributed by atoms with Crippen molar-refractivity contribution >= 4 is 21.7 Å². The molecule has 0 saturated carbocycles. The first kappa shape index (κ1) is 16.3. The number of carbonyl (C=O) groups is 2. The summed E-state index contributed by atoms with van der Waals surface area (Å²) in [7, 11) is -3.59. The van der Waals surface area contributed by atoms with Gasteiger partial charge in [0, 0.05) is 12.5 Å². The molecule has 2 rings (SSSR count). The summed E-state index contributed by atoms with van der Waals surface area (Å²) in [4.78, 5) is 32.9. The Labute approximate surface area is 128 Å². The van der Waals surface area contributed by atoms with E-state index in [0.29, 0.717) is 0 Å². The SMILES string of the molecule is CC(C)(C)OC(=O)N1CC(=O)c2cnc(S(C)(=O)=O)nc2C1. The summed E-state index contributed by atoms with van der Waals surface area (Å²) in [5.41, 5.74) is -0.256. The Kier molecular flexibility index (Phi) is 3.94. The molecule has 1 amide bonds. The van der Waals surface area contributed by atoms with E-state index >= 15 is 0 Å². The van der Waals surface area contributed by atoms with Gasteiger partial charge in [-0.15, -0.1) is 0 Å². The van der Waals surface area contributed by atoms with Crippen LogP contribution in [0, 0.1) is 0 Å². The van der Waals surface area contributed by atoms with Gasteiger partial charge in [-0.2, -0.15) is 0 Å². The van der Waals surface area contributed by atoms with Crippen LogP contribution in [0.3, 0.4) is 0 Å². The summed E-state index contributed by atoms with van der Waals surface area (Å²) in [5.74, 6) is -0.354. The first-order chi connectivity index (χ1) is 9.97. The maximum absolute atomic E-state index is 12.0. The van der Waals surface area contributed by atoms with Crippen LogP contribution >= 0.6 is 0 Å². The fourth-order valence-corrected chi connectivity index (χ4v) is 2.40. The van der Waals surface area contributed by atoms with E-state index in [0.717, 1.165) is 6.26 Å². The Morgan fingerprint density at radius 1 is 1.32 bits per heavy atom. The van der Waals surface area contributed by atoms with E-state index in [1.807, 2.05) is 0 Å². The summed E-state index contributed by atoms with van der Waals surface area (Å²) in [6, 6.07) is 0. The second kappa shape index (κ2) is 5.31. The van der Waals surface area contributed by atoms with E-state index in [4.69, 9.17) is 4.74 Å². The molecule has 0 aromatic carbocycles. The number of fused-ring (bicyclic) bond motifs is 1. The molecule has 0 bridgehead atoms. The summed E-state index contributed by atoms with van der Waals surface area (Å²) in [6.07, 6.45) is 1.52. The lowest BCUT2D eigenvalue weighted by Crippen LogP contribution is -2.43. The van der Waals surface area contributed by atoms with Crippen molar-refractivity contribution in [1.82, 2.24) is 14.9 Å². The fraction of sp³-hybridized carbons (Fsp3) is 0.538. The molecule has 0 fully saturated rings. The molecule has 0 saturated heterocycles. The quantitative estimate of drug-likeness (QED) is 0.703. The smallest absolute Gasteiger partial charge is 0.411 e. The Balaban J connectivity index is 2.32. The van der Waals surface area contributed by atoms with Gasteiger partial charge in [0.1, 0.15) is 5.60 Å². The lowest BCUT2D eigenvalue weighted by molar-refractivity contribution is 0.0216. The van der Waals surface area contributed by atoms with Gasteiger partial charge in [0.15, 0.2) is 5.78 Å². The number of ether oxygens (including phenoxy) is 1. The van der Waals surface area contributed by atoms with Crippen molar-refractivity contribution in [2.24, 2.45) is 0 Å². The highest BCUT2D eigenvalue weighted by Crippen LogP contribution is 2.20. The maximum Gasteiger partial charge on any atom is 0.411 e. The molecule has 1 aliphatic rings. The number of carbonyl (C=O) groups excluding carboxylic acids is 2. The fourth-order valence-electron chi connectivity index (χ4n) is 1.88. The van der Waals surface area contributed by atoms with E-state index in [-0.39, 0.29) is 35.3 Å². The number of sulfone groups is 1. The molecule has 1 aromatic rings. The van der Waals surface area contributed by atoms with Crippen LogP contribution < -0.4 is 0 Å². The highest BCUT2D eigenvalue weighted by molar-refractivity contribution is 7.90. The van der Waals surface area contributed by atoms with Gasteiger partial charge in [-0.25, -0.2) is 23.2 Å². The number of Topliss-reactive ketones (excluding diaryl/α,β-unsaturated/α-hetero) is 1. The number of amides is 1. The topological polar surface area (TPSA) is 107 Å². The highest BCUT2D eigenvalue weighted by atomic mass is 32.2. The number of aromatic nitrogens is 2. The van der Waals surface area contributed by atoms with E-state index in [1.54, 1.807) is 20.8 Å². The lowest BCUT2D eigenvalue weighted by Gasteiger charge is -2.29. The molecule has 0 radical (unpaired) electrons. The second-order valence-electron chi connectivity index (χ2n) is 6.04. The Bertz CT molecular complexity index is 737. The molecule has 1 aliphatic heterocycles. The minimum Gasteiger partial charge on any atom is -0.444 e. The first-order valence-electron chi connectivity index (χ1n) is 6.54. The van der Waals surface area contributed by atoms with Crippen LogP contribution in [0.25, 0.3) is 0 Å². The van der Waals surface area contributed by atoms with Gasteiger partial charge in [0.2, 0.25) is 15.0 Å². The molecule has 120 valence electrons. The summed E-state index contributed by atoms with van der Waals surface area (Å²) < 4.78 is 28.2. The molecule has 2 heterocycles. The average molecular weight is 327 g/mol. The largest absolute Gasteiger partial charge is 0.444 e. The highest BCUT2D eigenvalue weighted by Gasteiger charge is 2.31. The monoisotopic (exact) mass is 327 g/mol. The number of hydrogen-bond acceptors (Lipinski definition) is 7. The third kappa shape index (κ3) is 3.59. The van der Waals surface area contributed by atoms with Gasteiger partial charge in [-0.1, -0.05) is 0 Å². The third-order valence-electron chi connectivity index (χ3n) is 2.80. The molecular formula is C13H17N3O5S. The van der Waals surface area contributed by atoms with E-state index < -0.39 is 21.5 Å². The van der Waals surface area contributed by atoms with Gasteiger partial charge in [-0.3, -0.25) is 9.69 Å². The molecule has 9 heteroatoms. The van der Waals surface area contributed by atoms with Crippen LogP contribution in [0.15, 0.2) is 11.4 Å². The second-order valence-corrected chi connectivity index (χ2v) is 7.95. The van der Waals surface area contributed by atoms with Crippen molar-refractivity contribution in [1.29, 1.82) is 0 Å². The maximum atomic E-state index is 12.0. The van der Waals surface area contributed by atoms with Crippen LogP contribution in [0.4, 0.5) is 4.79 Å². The molecule has 0 unspecified atom stereocenters. The van der Waals surface area contributed by atoms with Crippen LogP contribution in [-0.4, -0.2) is 53.6 Å². The number of rotatable bonds is 1.